The molecule has 0 fully saturated rings. The van der Waals surface area contributed by atoms with Gasteiger partial charge < -0.3 is 5.32 Å². The first-order chi connectivity index (χ1) is 9.66. The third-order valence-electron chi connectivity index (χ3n) is 3.17. The third kappa shape index (κ3) is 2.20. The summed E-state index contributed by atoms with van der Waals surface area (Å²) >= 11 is 1.44. The summed E-state index contributed by atoms with van der Waals surface area (Å²) in [7, 11) is 1.90. The number of thiophene rings is 1. The monoisotopic (exact) mass is 289 g/mol. The van der Waals surface area contributed by atoms with E-state index in [1.54, 1.807) is 6.20 Å². The van der Waals surface area contributed by atoms with Crippen LogP contribution in [0.4, 0.5) is 0 Å². The van der Waals surface area contributed by atoms with Gasteiger partial charge in [-0.3, -0.25) is 14.2 Å². The molecule has 0 radical (unpaired) electrons. The average Bonchev–Trinajstić information content (AvgIpc) is 3.11. The van der Waals surface area contributed by atoms with E-state index < -0.39 is 0 Å². The molecule has 20 heavy (non-hydrogen) atoms. The number of hydrogen-bond donors (Lipinski definition) is 1. The topological polar surface area (TPSA) is 64.7 Å². The molecule has 0 saturated heterocycles. The van der Waals surface area contributed by atoms with Gasteiger partial charge in [-0.1, -0.05) is 6.07 Å². The molecular weight excluding hydrogens is 274 g/mol. The van der Waals surface area contributed by atoms with E-state index >= 15 is 0 Å². The van der Waals surface area contributed by atoms with E-state index in [1.165, 1.54) is 11.3 Å². The number of carbonyl (C=O) groups excluding carboxylic acids is 1. The fraction of sp³-hybridized carbons (Fsp3) is 0.308. The van der Waals surface area contributed by atoms with Crippen LogP contribution in [0.5, 0.6) is 0 Å². The van der Waals surface area contributed by atoms with Crippen LogP contribution in [0.1, 0.15) is 15.4 Å². The summed E-state index contributed by atoms with van der Waals surface area (Å²) in [5, 5.41) is 13.5. The number of fused-ring (bicyclic) bond motifs is 1. The molecule has 0 unspecified atom stereocenters. The van der Waals surface area contributed by atoms with Crippen LogP contribution in [0.25, 0.3) is 11.0 Å². The number of nitrogens with one attached hydrogen (secondary N) is 1. The van der Waals surface area contributed by atoms with Crippen molar-refractivity contribution in [3.8, 4) is 0 Å². The Morgan fingerprint density at radius 1 is 1.50 bits per heavy atom. The first-order valence-corrected chi connectivity index (χ1v) is 7.21. The van der Waals surface area contributed by atoms with Crippen molar-refractivity contribution >= 4 is 28.3 Å². The van der Waals surface area contributed by atoms with Gasteiger partial charge in [0.25, 0.3) is 5.91 Å². The summed E-state index contributed by atoms with van der Waals surface area (Å²) in [6, 6.07) is 3.69. The van der Waals surface area contributed by atoms with Gasteiger partial charge in [-0.25, -0.2) is 0 Å². The van der Waals surface area contributed by atoms with Crippen LogP contribution < -0.4 is 5.32 Å². The molecule has 0 aliphatic heterocycles. The summed E-state index contributed by atoms with van der Waals surface area (Å²) in [6.45, 7) is 3.14. The number of aryl methyl sites for hydroxylation is 2. The molecule has 0 bridgehead atoms. The van der Waals surface area contributed by atoms with Crippen molar-refractivity contribution in [2.75, 3.05) is 6.54 Å². The number of carbonyl (C=O) groups is 1. The van der Waals surface area contributed by atoms with E-state index in [4.69, 9.17) is 0 Å². The zero-order valence-electron chi connectivity index (χ0n) is 11.3. The molecule has 1 amide bonds. The zero-order chi connectivity index (χ0) is 14.1. The molecule has 0 aromatic carbocycles. The quantitative estimate of drug-likeness (QED) is 0.793. The van der Waals surface area contributed by atoms with Gasteiger partial charge in [0.1, 0.15) is 11.0 Å². The van der Waals surface area contributed by atoms with Gasteiger partial charge in [0.05, 0.1) is 23.3 Å². The van der Waals surface area contributed by atoms with Crippen LogP contribution in [0.2, 0.25) is 0 Å². The molecule has 0 atom stereocenters. The predicted octanol–water partition coefficient (Wildman–Crippen LogP) is 1.57. The SMILES string of the molecule is Cc1nn(C)c2cnn(CCNC(=O)c3cccs3)c12. The highest BCUT2D eigenvalue weighted by Gasteiger charge is 2.11. The lowest BCUT2D eigenvalue weighted by atomic mass is 10.4. The fourth-order valence-electron chi connectivity index (χ4n) is 2.25. The van der Waals surface area contributed by atoms with E-state index in [1.807, 2.05) is 40.8 Å². The van der Waals surface area contributed by atoms with Gasteiger partial charge in [-0.2, -0.15) is 10.2 Å². The maximum absolute atomic E-state index is 11.8. The first-order valence-electron chi connectivity index (χ1n) is 6.33. The van der Waals surface area contributed by atoms with Crippen molar-refractivity contribution in [1.82, 2.24) is 24.9 Å². The Morgan fingerprint density at radius 2 is 2.35 bits per heavy atom. The van der Waals surface area contributed by atoms with E-state index in [2.05, 4.69) is 15.5 Å². The maximum atomic E-state index is 11.8. The molecule has 3 heterocycles. The highest BCUT2D eigenvalue weighted by atomic mass is 32.1. The summed E-state index contributed by atoms with van der Waals surface area (Å²) in [5.41, 5.74) is 2.98. The first kappa shape index (κ1) is 12.9. The largest absolute Gasteiger partial charge is 0.349 e. The minimum atomic E-state index is -0.0358. The lowest BCUT2D eigenvalue weighted by molar-refractivity contribution is 0.0956. The number of aromatic nitrogens is 4. The number of nitrogens with zero attached hydrogens (tertiary/aromatic N) is 4. The molecule has 1 N–H and O–H groups in total. The van der Waals surface area contributed by atoms with Crippen molar-refractivity contribution in [2.45, 2.75) is 13.5 Å². The summed E-state index contributed by atoms with van der Waals surface area (Å²) in [4.78, 5) is 12.6. The standard InChI is InChI=1S/C13H15N5OS/c1-9-12-10(17(2)16-9)8-15-18(12)6-5-14-13(19)11-4-3-7-20-11/h3-4,7-8H,5-6H2,1-2H3,(H,14,19). The van der Waals surface area contributed by atoms with Crippen LogP contribution in [0.15, 0.2) is 23.7 Å². The van der Waals surface area contributed by atoms with E-state index in [0.717, 1.165) is 21.6 Å². The van der Waals surface area contributed by atoms with Gasteiger partial charge in [0, 0.05) is 13.6 Å². The minimum absolute atomic E-state index is 0.0358. The van der Waals surface area contributed by atoms with E-state index in [0.29, 0.717) is 13.1 Å². The van der Waals surface area contributed by atoms with Crippen LogP contribution in [0.3, 0.4) is 0 Å². The second-order valence-corrected chi connectivity index (χ2v) is 5.49. The summed E-state index contributed by atoms with van der Waals surface area (Å²) in [5.74, 6) is -0.0358. The normalized spacial score (nSPS) is 11.1. The van der Waals surface area contributed by atoms with Gasteiger partial charge in [-0.15, -0.1) is 11.3 Å². The van der Waals surface area contributed by atoms with Gasteiger partial charge in [0.2, 0.25) is 0 Å². The van der Waals surface area contributed by atoms with Crippen molar-refractivity contribution in [3.63, 3.8) is 0 Å². The Hall–Kier alpha value is -2.15. The lowest BCUT2D eigenvalue weighted by Crippen LogP contribution is -2.26. The van der Waals surface area contributed by atoms with E-state index in [9.17, 15) is 4.79 Å². The Morgan fingerprint density at radius 3 is 3.10 bits per heavy atom. The van der Waals surface area contributed by atoms with Gasteiger partial charge in [0.15, 0.2) is 0 Å². The van der Waals surface area contributed by atoms with Crippen molar-refractivity contribution in [1.29, 1.82) is 0 Å². The zero-order valence-corrected chi connectivity index (χ0v) is 12.1. The minimum Gasteiger partial charge on any atom is -0.349 e. The molecule has 6 nitrogen and oxygen atoms in total. The van der Waals surface area contributed by atoms with Crippen LogP contribution in [0, 0.1) is 6.92 Å². The summed E-state index contributed by atoms with van der Waals surface area (Å²) in [6.07, 6.45) is 1.80. The lowest BCUT2D eigenvalue weighted by Gasteiger charge is -2.04. The molecule has 3 aromatic rings. The second kappa shape index (κ2) is 5.09. The Labute approximate surface area is 120 Å². The Balaban J connectivity index is 1.67. The van der Waals surface area contributed by atoms with E-state index in [-0.39, 0.29) is 5.91 Å². The number of rotatable bonds is 4. The highest BCUT2D eigenvalue weighted by molar-refractivity contribution is 7.12. The highest BCUT2D eigenvalue weighted by Crippen LogP contribution is 2.16. The fourth-order valence-corrected chi connectivity index (χ4v) is 2.89. The number of hydrogen-bond acceptors (Lipinski definition) is 4. The third-order valence-corrected chi connectivity index (χ3v) is 4.03. The Bertz CT molecular complexity index is 740. The average molecular weight is 289 g/mol. The molecule has 7 heteroatoms. The number of amides is 1. The van der Waals surface area contributed by atoms with Gasteiger partial charge in [-0.05, 0) is 18.4 Å². The van der Waals surface area contributed by atoms with Crippen LogP contribution in [-0.4, -0.2) is 32.0 Å². The molecule has 0 spiro atoms. The van der Waals surface area contributed by atoms with Crippen LogP contribution >= 0.6 is 11.3 Å². The smallest absolute Gasteiger partial charge is 0.261 e. The molecule has 0 aliphatic rings. The van der Waals surface area contributed by atoms with Gasteiger partial charge >= 0.3 is 0 Å². The van der Waals surface area contributed by atoms with Crippen molar-refractivity contribution in [3.05, 3.63) is 34.3 Å². The molecule has 3 rings (SSSR count). The summed E-state index contributed by atoms with van der Waals surface area (Å²) < 4.78 is 3.70. The van der Waals surface area contributed by atoms with Crippen molar-refractivity contribution in [2.24, 2.45) is 7.05 Å². The second-order valence-electron chi connectivity index (χ2n) is 4.54. The Kier molecular flexibility index (Phi) is 3.27. The molecule has 0 saturated carbocycles. The van der Waals surface area contributed by atoms with Crippen molar-refractivity contribution < 1.29 is 4.79 Å². The maximum Gasteiger partial charge on any atom is 0.261 e. The molecule has 104 valence electrons. The predicted molar refractivity (Wildman–Crippen MR) is 77.9 cm³/mol. The van der Waals surface area contributed by atoms with Crippen LogP contribution in [-0.2, 0) is 13.6 Å². The molecule has 0 aliphatic carbocycles. The molecule has 3 aromatic heterocycles. The molecular formula is C13H15N5OS.